The van der Waals surface area contributed by atoms with Crippen molar-refractivity contribution >= 4 is 5.78 Å². The predicted molar refractivity (Wildman–Crippen MR) is 260 cm³/mol. The van der Waals surface area contributed by atoms with Crippen LogP contribution < -0.4 is 0 Å². The van der Waals surface area contributed by atoms with E-state index in [1.54, 1.807) is 0 Å². The Labute approximate surface area is 370 Å². The van der Waals surface area contributed by atoms with E-state index in [-0.39, 0.29) is 18.1 Å². The number of hydrogen-bond acceptors (Lipinski definition) is 4. The lowest BCUT2D eigenvalue weighted by Gasteiger charge is -2.34. The zero-order valence-electron chi connectivity index (χ0n) is 40.6. The van der Waals surface area contributed by atoms with E-state index in [1.165, 1.54) is 218 Å². The number of aliphatic hydroxyl groups excluding tert-OH is 2. The SMILES string of the molecule is CCCCCCCC/C=C\CCCCCCC(CCCCCCCCCCCCCCCC)C(=O)C(O)(CCCCCCCCCCCCCCCCCC)C(O)CO. The Hall–Kier alpha value is -0.710. The summed E-state index contributed by atoms with van der Waals surface area (Å²) in [5, 5.41) is 32.7. The van der Waals surface area contributed by atoms with Gasteiger partial charge in [0.05, 0.1) is 6.61 Å². The molecule has 0 bridgehead atoms. The van der Waals surface area contributed by atoms with Crippen LogP contribution in [0.4, 0.5) is 0 Å². The maximum atomic E-state index is 14.2. The highest BCUT2D eigenvalue weighted by atomic mass is 16.4. The summed E-state index contributed by atoms with van der Waals surface area (Å²) in [6.45, 7) is 6.27. The van der Waals surface area contributed by atoms with Gasteiger partial charge in [-0.25, -0.2) is 0 Å². The third-order valence-electron chi connectivity index (χ3n) is 13.4. The zero-order valence-corrected chi connectivity index (χ0v) is 40.6. The molecule has 0 aromatic heterocycles. The minimum Gasteiger partial charge on any atom is -0.394 e. The van der Waals surface area contributed by atoms with Gasteiger partial charge in [-0.15, -0.1) is 0 Å². The summed E-state index contributed by atoms with van der Waals surface area (Å²) in [6, 6.07) is 0. The second kappa shape index (κ2) is 46.8. The van der Waals surface area contributed by atoms with E-state index < -0.39 is 18.3 Å². The fourth-order valence-electron chi connectivity index (χ4n) is 9.18. The summed E-state index contributed by atoms with van der Waals surface area (Å²) in [4.78, 5) is 14.2. The van der Waals surface area contributed by atoms with Crippen molar-refractivity contribution in [2.24, 2.45) is 5.92 Å². The molecular formula is C55H108O4. The molecule has 0 saturated carbocycles. The first-order chi connectivity index (χ1) is 29.0. The molecule has 4 heteroatoms. The summed E-state index contributed by atoms with van der Waals surface area (Å²) in [5.74, 6) is -0.441. The molecular weight excluding hydrogens is 725 g/mol. The fraction of sp³-hybridized carbons (Fsp3) is 0.945. The molecule has 352 valence electrons. The standard InChI is InChI=1S/C55H108O4/c1-4-7-10-13-16-19-22-25-28-29-32-35-38-41-44-47-50-55(59,53(57)51-56)54(58)52(48-45-42-39-36-33-30-26-23-20-17-14-11-8-5-2)49-46-43-40-37-34-31-27-24-21-18-15-12-9-6-3/h26,30,52-53,56-57,59H,4-25,27-29,31-51H2,1-3H3/b30-26-. The molecule has 3 N–H and O–H groups in total. The summed E-state index contributed by atoms with van der Waals surface area (Å²) >= 11 is 0. The Morgan fingerprint density at radius 3 is 0.949 bits per heavy atom. The third-order valence-corrected chi connectivity index (χ3v) is 13.4. The molecule has 0 aliphatic carbocycles. The smallest absolute Gasteiger partial charge is 0.170 e. The van der Waals surface area contributed by atoms with E-state index in [0.717, 1.165) is 64.2 Å². The van der Waals surface area contributed by atoms with Crippen molar-refractivity contribution in [1.82, 2.24) is 0 Å². The minimum atomic E-state index is -1.84. The largest absolute Gasteiger partial charge is 0.394 e. The monoisotopic (exact) mass is 833 g/mol. The molecule has 0 saturated heterocycles. The molecule has 3 atom stereocenters. The van der Waals surface area contributed by atoms with E-state index in [4.69, 9.17) is 0 Å². The zero-order chi connectivity index (χ0) is 43.2. The normalized spacial score (nSPS) is 14.0. The van der Waals surface area contributed by atoms with E-state index in [9.17, 15) is 20.1 Å². The minimum absolute atomic E-state index is 0.202. The predicted octanol–water partition coefficient (Wildman–Crippen LogP) is 17.4. The van der Waals surface area contributed by atoms with Crippen LogP contribution in [0, 0.1) is 5.92 Å². The van der Waals surface area contributed by atoms with Gasteiger partial charge in [-0.05, 0) is 44.9 Å². The second-order valence-corrected chi connectivity index (χ2v) is 19.1. The molecule has 59 heavy (non-hydrogen) atoms. The lowest BCUT2D eigenvalue weighted by Crippen LogP contribution is -2.53. The van der Waals surface area contributed by atoms with E-state index in [1.807, 2.05) is 0 Å². The Morgan fingerprint density at radius 1 is 0.407 bits per heavy atom. The number of allylic oxidation sites excluding steroid dienone is 2. The highest BCUT2D eigenvalue weighted by Crippen LogP contribution is 2.31. The topological polar surface area (TPSA) is 77.8 Å². The van der Waals surface area contributed by atoms with Crippen LogP contribution in [0.1, 0.15) is 310 Å². The average molecular weight is 833 g/mol. The molecule has 3 unspecified atom stereocenters. The summed E-state index contributed by atoms with van der Waals surface area (Å²) < 4.78 is 0. The lowest BCUT2D eigenvalue weighted by molar-refractivity contribution is -0.160. The van der Waals surface area contributed by atoms with Gasteiger partial charge in [0.25, 0.3) is 0 Å². The Bertz CT molecular complexity index is 856. The molecule has 0 aliphatic rings. The van der Waals surface area contributed by atoms with Gasteiger partial charge < -0.3 is 15.3 Å². The van der Waals surface area contributed by atoms with Gasteiger partial charge in [-0.3, -0.25) is 4.79 Å². The maximum absolute atomic E-state index is 14.2. The van der Waals surface area contributed by atoms with Crippen molar-refractivity contribution in [3.8, 4) is 0 Å². The first-order valence-corrected chi connectivity index (χ1v) is 27.2. The van der Waals surface area contributed by atoms with Crippen LogP contribution >= 0.6 is 0 Å². The molecule has 0 fully saturated rings. The highest BCUT2D eigenvalue weighted by molar-refractivity contribution is 5.89. The van der Waals surface area contributed by atoms with Crippen LogP contribution in [0.2, 0.25) is 0 Å². The van der Waals surface area contributed by atoms with Gasteiger partial charge in [-0.2, -0.15) is 0 Å². The van der Waals surface area contributed by atoms with Gasteiger partial charge in [0.1, 0.15) is 6.10 Å². The van der Waals surface area contributed by atoms with E-state index in [2.05, 4.69) is 32.9 Å². The van der Waals surface area contributed by atoms with Crippen LogP contribution in [0.15, 0.2) is 12.2 Å². The van der Waals surface area contributed by atoms with Gasteiger partial charge in [0.2, 0.25) is 0 Å². The van der Waals surface area contributed by atoms with Gasteiger partial charge >= 0.3 is 0 Å². The van der Waals surface area contributed by atoms with Crippen LogP contribution in [0.5, 0.6) is 0 Å². The van der Waals surface area contributed by atoms with Gasteiger partial charge in [0.15, 0.2) is 11.4 Å². The van der Waals surface area contributed by atoms with E-state index in [0.29, 0.717) is 0 Å². The van der Waals surface area contributed by atoms with Crippen LogP contribution in [0.3, 0.4) is 0 Å². The van der Waals surface area contributed by atoms with Crippen LogP contribution in [-0.4, -0.2) is 39.4 Å². The highest BCUT2D eigenvalue weighted by Gasteiger charge is 2.44. The Balaban J connectivity index is 4.70. The van der Waals surface area contributed by atoms with Crippen LogP contribution in [0.25, 0.3) is 0 Å². The number of Topliss-reactive ketones (excluding diaryl/α,β-unsaturated/α-hetero) is 1. The number of carbonyl (C=O) groups is 1. The molecule has 0 radical (unpaired) electrons. The fourth-order valence-corrected chi connectivity index (χ4v) is 9.18. The molecule has 0 aliphatic heterocycles. The molecule has 0 spiro atoms. The third kappa shape index (κ3) is 37.6. The van der Waals surface area contributed by atoms with Gasteiger partial charge in [0, 0.05) is 5.92 Å². The van der Waals surface area contributed by atoms with E-state index >= 15 is 0 Å². The lowest BCUT2D eigenvalue weighted by atomic mass is 9.77. The number of hydrogen-bond donors (Lipinski definition) is 3. The number of aliphatic hydroxyl groups is 3. The number of rotatable bonds is 50. The summed E-state index contributed by atoms with van der Waals surface area (Å²) in [7, 11) is 0. The van der Waals surface area contributed by atoms with Crippen molar-refractivity contribution in [3.63, 3.8) is 0 Å². The number of unbranched alkanes of at least 4 members (excludes halogenated alkanes) is 38. The molecule has 0 heterocycles. The second-order valence-electron chi connectivity index (χ2n) is 19.1. The van der Waals surface area contributed by atoms with Crippen molar-refractivity contribution in [2.75, 3.05) is 6.61 Å². The van der Waals surface area contributed by atoms with Crippen molar-refractivity contribution in [1.29, 1.82) is 0 Å². The Kier molecular flexibility index (Phi) is 46.2. The van der Waals surface area contributed by atoms with Crippen molar-refractivity contribution < 1.29 is 20.1 Å². The Morgan fingerprint density at radius 2 is 0.661 bits per heavy atom. The summed E-state index contributed by atoms with van der Waals surface area (Å²) in [5.41, 5.74) is -1.84. The molecule has 0 rings (SSSR count). The van der Waals surface area contributed by atoms with Crippen molar-refractivity contribution in [2.45, 2.75) is 321 Å². The molecule has 0 amide bonds. The van der Waals surface area contributed by atoms with Gasteiger partial charge in [-0.1, -0.05) is 277 Å². The number of ketones is 1. The average Bonchev–Trinajstić information content (AvgIpc) is 3.25. The molecule has 0 aromatic rings. The van der Waals surface area contributed by atoms with Crippen LogP contribution in [-0.2, 0) is 4.79 Å². The summed E-state index contributed by atoms with van der Waals surface area (Å²) in [6.07, 6.45) is 58.8. The molecule has 4 nitrogen and oxygen atoms in total. The van der Waals surface area contributed by atoms with Crippen molar-refractivity contribution in [3.05, 3.63) is 12.2 Å². The quantitative estimate of drug-likeness (QED) is 0.0421. The number of carbonyl (C=O) groups excluding carboxylic acids is 1. The first-order valence-electron chi connectivity index (χ1n) is 27.2. The molecule has 0 aromatic carbocycles. The first kappa shape index (κ1) is 58.3. The maximum Gasteiger partial charge on any atom is 0.170 e.